The molecule has 0 bridgehead atoms. The summed E-state index contributed by atoms with van der Waals surface area (Å²) in [6.07, 6.45) is 4.45. The first-order valence-corrected chi connectivity index (χ1v) is 10.6. The molecule has 4 nitrogen and oxygen atoms in total. The summed E-state index contributed by atoms with van der Waals surface area (Å²) in [6, 6.07) is 16.3. The van der Waals surface area contributed by atoms with Crippen molar-refractivity contribution in [2.75, 3.05) is 13.2 Å². The lowest BCUT2D eigenvalue weighted by Gasteiger charge is -2.12. The van der Waals surface area contributed by atoms with Crippen LogP contribution in [0.2, 0.25) is 0 Å². The highest BCUT2D eigenvalue weighted by Gasteiger charge is 2.00. The van der Waals surface area contributed by atoms with Gasteiger partial charge in [-0.3, -0.25) is 0 Å². The molecule has 2 aromatic rings. The Hall–Kier alpha value is -2.27. The number of ether oxygens (including phenoxy) is 2. The Labute approximate surface area is 174 Å². The maximum absolute atomic E-state index is 5.68. The first-order chi connectivity index (χ1) is 13.7. The Morgan fingerprint density at radius 1 is 0.714 bits per heavy atom. The molecule has 0 saturated heterocycles. The number of hydrogen-bond donors (Lipinski definition) is 2. The van der Waals surface area contributed by atoms with Gasteiger partial charge in [0.15, 0.2) is 5.11 Å². The fraction of sp³-hybridized carbons (Fsp3) is 0.435. The van der Waals surface area contributed by atoms with Crippen LogP contribution in [0, 0.1) is 0 Å². The number of nitrogens with one attached hydrogen (secondary N) is 2. The second kappa shape index (κ2) is 13.0. The van der Waals surface area contributed by atoms with Gasteiger partial charge in [-0.15, -0.1) is 0 Å². The highest BCUT2D eigenvalue weighted by Crippen LogP contribution is 2.13. The van der Waals surface area contributed by atoms with E-state index in [1.807, 2.05) is 24.3 Å². The zero-order valence-electron chi connectivity index (χ0n) is 17.0. The van der Waals surface area contributed by atoms with E-state index in [9.17, 15) is 0 Å². The maximum atomic E-state index is 5.68. The molecule has 0 aliphatic heterocycles. The van der Waals surface area contributed by atoms with Crippen LogP contribution in [0.5, 0.6) is 11.5 Å². The van der Waals surface area contributed by atoms with E-state index < -0.39 is 0 Å². The van der Waals surface area contributed by atoms with Crippen molar-refractivity contribution in [1.29, 1.82) is 0 Å². The molecule has 0 fully saturated rings. The number of unbranched alkanes of at least 4 members (excludes halogenated alkanes) is 2. The third kappa shape index (κ3) is 8.61. The van der Waals surface area contributed by atoms with Crippen LogP contribution in [-0.4, -0.2) is 18.3 Å². The van der Waals surface area contributed by atoms with Crippen molar-refractivity contribution in [1.82, 2.24) is 10.6 Å². The van der Waals surface area contributed by atoms with Crippen molar-refractivity contribution in [2.24, 2.45) is 0 Å². The van der Waals surface area contributed by atoms with Crippen molar-refractivity contribution in [2.45, 2.75) is 52.6 Å². The molecule has 0 radical (unpaired) electrons. The van der Waals surface area contributed by atoms with Crippen LogP contribution in [0.25, 0.3) is 0 Å². The predicted molar refractivity (Wildman–Crippen MR) is 120 cm³/mol. The number of benzene rings is 2. The molecule has 0 unspecified atom stereocenters. The van der Waals surface area contributed by atoms with Crippen LogP contribution >= 0.6 is 12.2 Å². The monoisotopic (exact) mass is 400 g/mol. The zero-order valence-corrected chi connectivity index (χ0v) is 17.8. The minimum Gasteiger partial charge on any atom is -0.494 e. The van der Waals surface area contributed by atoms with E-state index in [2.05, 4.69) is 48.7 Å². The molecule has 0 aliphatic carbocycles. The minimum absolute atomic E-state index is 0.645. The SMILES string of the molecule is CCCCOc1ccc(CNC(=S)NCc2ccc(OCCCC)cc2)cc1. The van der Waals surface area contributed by atoms with Crippen molar-refractivity contribution in [3.8, 4) is 11.5 Å². The minimum atomic E-state index is 0.645. The predicted octanol–water partition coefficient (Wildman–Crippen LogP) is 5.21. The van der Waals surface area contributed by atoms with E-state index in [0.29, 0.717) is 18.2 Å². The molecule has 2 N–H and O–H groups in total. The Bertz CT molecular complexity index is 627. The van der Waals surface area contributed by atoms with Crippen molar-refractivity contribution >= 4 is 17.3 Å². The summed E-state index contributed by atoms with van der Waals surface area (Å²) in [7, 11) is 0. The molecule has 2 rings (SSSR count). The van der Waals surface area contributed by atoms with Crippen LogP contribution in [0.3, 0.4) is 0 Å². The van der Waals surface area contributed by atoms with E-state index in [0.717, 1.165) is 50.4 Å². The Kier molecular flexibility index (Phi) is 10.2. The third-order valence-corrected chi connectivity index (χ3v) is 4.57. The van der Waals surface area contributed by atoms with E-state index in [4.69, 9.17) is 21.7 Å². The average molecular weight is 401 g/mol. The van der Waals surface area contributed by atoms with Gasteiger partial charge in [0.1, 0.15) is 11.5 Å². The molecule has 2 aromatic carbocycles. The van der Waals surface area contributed by atoms with Gasteiger partial charge < -0.3 is 20.1 Å². The van der Waals surface area contributed by atoms with Gasteiger partial charge in [-0.25, -0.2) is 0 Å². The molecule has 5 heteroatoms. The summed E-state index contributed by atoms with van der Waals surface area (Å²) < 4.78 is 11.4. The molecule has 28 heavy (non-hydrogen) atoms. The fourth-order valence-electron chi connectivity index (χ4n) is 2.50. The van der Waals surface area contributed by atoms with Crippen molar-refractivity contribution < 1.29 is 9.47 Å². The largest absolute Gasteiger partial charge is 0.494 e. The lowest BCUT2D eigenvalue weighted by Crippen LogP contribution is -2.34. The summed E-state index contributed by atoms with van der Waals surface area (Å²) in [5.41, 5.74) is 2.33. The van der Waals surface area contributed by atoms with Gasteiger partial charge in [0.25, 0.3) is 0 Å². The van der Waals surface area contributed by atoms with E-state index in [1.54, 1.807) is 0 Å². The molecule has 152 valence electrons. The quantitative estimate of drug-likeness (QED) is 0.378. The van der Waals surface area contributed by atoms with Gasteiger partial charge in [0.2, 0.25) is 0 Å². The van der Waals surface area contributed by atoms with Crippen LogP contribution in [-0.2, 0) is 13.1 Å². The summed E-state index contributed by atoms with van der Waals surface area (Å²) in [6.45, 7) is 7.23. The second-order valence-corrected chi connectivity index (χ2v) is 7.14. The summed E-state index contributed by atoms with van der Waals surface area (Å²) in [5, 5.41) is 7.13. The van der Waals surface area contributed by atoms with Crippen LogP contribution in [0.15, 0.2) is 48.5 Å². The highest BCUT2D eigenvalue weighted by molar-refractivity contribution is 7.80. The average Bonchev–Trinajstić information content (AvgIpc) is 2.73. The number of thiocarbonyl (C=S) groups is 1. The Morgan fingerprint density at radius 3 is 1.46 bits per heavy atom. The fourth-order valence-corrected chi connectivity index (χ4v) is 2.65. The van der Waals surface area contributed by atoms with Gasteiger partial charge in [0, 0.05) is 13.1 Å². The van der Waals surface area contributed by atoms with Gasteiger partial charge in [-0.2, -0.15) is 0 Å². The second-order valence-electron chi connectivity index (χ2n) is 6.73. The van der Waals surface area contributed by atoms with Crippen LogP contribution in [0.4, 0.5) is 0 Å². The smallest absolute Gasteiger partial charge is 0.166 e. The molecule has 0 aromatic heterocycles. The maximum Gasteiger partial charge on any atom is 0.166 e. The summed E-state index contributed by atoms with van der Waals surface area (Å²) in [4.78, 5) is 0. The third-order valence-electron chi connectivity index (χ3n) is 4.29. The van der Waals surface area contributed by atoms with Crippen molar-refractivity contribution in [3.05, 3.63) is 59.7 Å². The Morgan fingerprint density at radius 2 is 1.11 bits per heavy atom. The zero-order chi connectivity index (χ0) is 20.0. The molecular formula is C23H32N2O2S. The number of hydrogen-bond acceptors (Lipinski definition) is 3. The molecular weight excluding hydrogens is 368 g/mol. The highest BCUT2D eigenvalue weighted by atomic mass is 32.1. The lowest BCUT2D eigenvalue weighted by molar-refractivity contribution is 0.309. The van der Waals surface area contributed by atoms with E-state index in [1.165, 1.54) is 11.1 Å². The van der Waals surface area contributed by atoms with Gasteiger partial charge in [-0.05, 0) is 60.5 Å². The Balaban J connectivity index is 1.66. The molecule has 0 spiro atoms. The van der Waals surface area contributed by atoms with Gasteiger partial charge >= 0.3 is 0 Å². The topological polar surface area (TPSA) is 42.5 Å². The summed E-state index contributed by atoms with van der Waals surface area (Å²) in [5.74, 6) is 1.83. The number of rotatable bonds is 12. The summed E-state index contributed by atoms with van der Waals surface area (Å²) >= 11 is 5.37. The lowest BCUT2D eigenvalue weighted by atomic mass is 10.2. The van der Waals surface area contributed by atoms with Crippen LogP contribution in [0.1, 0.15) is 50.7 Å². The molecule has 0 saturated carbocycles. The normalized spacial score (nSPS) is 10.4. The first kappa shape index (κ1) is 22.0. The molecule has 0 amide bonds. The standard InChI is InChI=1S/C23H32N2O2S/c1-3-5-15-26-21-11-7-19(8-12-21)17-24-23(28)25-18-20-9-13-22(14-10-20)27-16-6-4-2/h7-14H,3-6,15-18H2,1-2H3,(H2,24,25,28). The molecule has 0 heterocycles. The molecule has 0 atom stereocenters. The van der Waals surface area contributed by atoms with Crippen molar-refractivity contribution in [3.63, 3.8) is 0 Å². The van der Waals surface area contributed by atoms with Crippen LogP contribution < -0.4 is 20.1 Å². The van der Waals surface area contributed by atoms with E-state index >= 15 is 0 Å². The van der Waals surface area contributed by atoms with Gasteiger partial charge in [0.05, 0.1) is 13.2 Å². The van der Waals surface area contributed by atoms with E-state index in [-0.39, 0.29) is 0 Å². The molecule has 0 aliphatic rings. The first-order valence-electron chi connectivity index (χ1n) is 10.2. The van der Waals surface area contributed by atoms with Gasteiger partial charge in [-0.1, -0.05) is 51.0 Å².